The van der Waals surface area contributed by atoms with Crippen molar-refractivity contribution in [2.75, 3.05) is 7.11 Å². The maximum atomic E-state index is 11.1. The Balaban J connectivity index is 2.58. The fraction of sp³-hybridized carbons (Fsp3) is 0.500. The molecule has 4 heteroatoms. The molecule has 0 aliphatic heterocycles. The van der Waals surface area contributed by atoms with Crippen molar-refractivity contribution in [2.24, 2.45) is 5.92 Å². The van der Waals surface area contributed by atoms with Gasteiger partial charge in [-0.25, -0.2) is 0 Å². The first-order valence-electron chi connectivity index (χ1n) is 6.12. The molecule has 0 heterocycles. The van der Waals surface area contributed by atoms with E-state index in [-0.39, 0.29) is 0 Å². The van der Waals surface area contributed by atoms with Gasteiger partial charge in [-0.3, -0.25) is 4.79 Å². The van der Waals surface area contributed by atoms with E-state index in [1.165, 1.54) is 0 Å². The summed E-state index contributed by atoms with van der Waals surface area (Å²) in [6.45, 7) is 4.56. The van der Waals surface area contributed by atoms with Gasteiger partial charge < -0.3 is 15.2 Å². The van der Waals surface area contributed by atoms with E-state index in [0.29, 0.717) is 18.9 Å². The fourth-order valence-corrected chi connectivity index (χ4v) is 1.77. The average Bonchev–Trinajstić information content (AvgIpc) is 2.34. The van der Waals surface area contributed by atoms with Crippen molar-refractivity contribution in [3.8, 4) is 5.75 Å². The molecule has 1 atom stereocenters. The van der Waals surface area contributed by atoms with E-state index in [0.717, 1.165) is 11.3 Å². The first-order valence-corrected chi connectivity index (χ1v) is 6.12. The van der Waals surface area contributed by atoms with Gasteiger partial charge in [0.15, 0.2) is 0 Å². The molecule has 1 aromatic carbocycles. The molecular formula is C14H21NO3. The Labute approximate surface area is 108 Å². The Morgan fingerprint density at radius 1 is 1.44 bits per heavy atom. The number of benzene rings is 1. The summed E-state index contributed by atoms with van der Waals surface area (Å²) in [5.74, 6) is 0.334. The number of rotatable bonds is 7. The first-order chi connectivity index (χ1) is 8.52. The molecule has 0 unspecified atom stereocenters. The highest BCUT2D eigenvalue weighted by atomic mass is 16.5. The molecule has 18 heavy (non-hydrogen) atoms. The fourth-order valence-electron chi connectivity index (χ4n) is 1.77. The largest absolute Gasteiger partial charge is 0.497 e. The quantitative estimate of drug-likeness (QED) is 0.780. The highest BCUT2D eigenvalue weighted by molar-refractivity contribution is 5.73. The average molecular weight is 251 g/mol. The molecule has 0 saturated carbocycles. The van der Waals surface area contributed by atoms with Gasteiger partial charge in [0.2, 0.25) is 0 Å². The summed E-state index contributed by atoms with van der Waals surface area (Å²) < 4.78 is 5.13. The topological polar surface area (TPSA) is 58.6 Å². The maximum absolute atomic E-state index is 11.1. The number of nitrogens with one attached hydrogen (secondary N) is 1. The van der Waals surface area contributed by atoms with Gasteiger partial charge in [-0.2, -0.15) is 0 Å². The van der Waals surface area contributed by atoms with Crippen molar-refractivity contribution < 1.29 is 14.6 Å². The van der Waals surface area contributed by atoms with Crippen LogP contribution in [-0.2, 0) is 11.3 Å². The zero-order chi connectivity index (χ0) is 13.5. The van der Waals surface area contributed by atoms with Gasteiger partial charge in [0, 0.05) is 6.54 Å². The molecule has 1 rings (SSSR count). The zero-order valence-electron chi connectivity index (χ0n) is 11.1. The van der Waals surface area contributed by atoms with E-state index in [2.05, 4.69) is 5.32 Å². The van der Waals surface area contributed by atoms with Crippen molar-refractivity contribution in [1.29, 1.82) is 0 Å². The van der Waals surface area contributed by atoms with Crippen LogP contribution in [0.4, 0.5) is 0 Å². The number of ether oxygens (including phenoxy) is 1. The number of carbonyl (C=O) groups is 1. The lowest BCUT2D eigenvalue weighted by atomic mass is 10.0. The van der Waals surface area contributed by atoms with Crippen molar-refractivity contribution >= 4 is 5.97 Å². The van der Waals surface area contributed by atoms with Crippen molar-refractivity contribution in [2.45, 2.75) is 32.9 Å². The van der Waals surface area contributed by atoms with Crippen LogP contribution in [0.25, 0.3) is 0 Å². The molecule has 0 amide bonds. The molecule has 4 nitrogen and oxygen atoms in total. The van der Waals surface area contributed by atoms with Crippen molar-refractivity contribution in [3.05, 3.63) is 29.8 Å². The van der Waals surface area contributed by atoms with Gasteiger partial charge in [0.25, 0.3) is 0 Å². The third-order valence-corrected chi connectivity index (χ3v) is 2.69. The van der Waals surface area contributed by atoms with Crippen LogP contribution in [-0.4, -0.2) is 24.2 Å². The second kappa shape index (κ2) is 7.01. The van der Waals surface area contributed by atoms with E-state index in [1.807, 2.05) is 38.1 Å². The molecule has 0 aliphatic rings. The summed E-state index contributed by atoms with van der Waals surface area (Å²) in [7, 11) is 1.62. The van der Waals surface area contributed by atoms with E-state index >= 15 is 0 Å². The maximum Gasteiger partial charge on any atom is 0.320 e. The van der Waals surface area contributed by atoms with E-state index in [9.17, 15) is 4.79 Å². The van der Waals surface area contributed by atoms with Crippen molar-refractivity contribution in [3.63, 3.8) is 0 Å². The summed E-state index contributed by atoms with van der Waals surface area (Å²) in [6.07, 6.45) is 0.624. The smallest absolute Gasteiger partial charge is 0.320 e. The van der Waals surface area contributed by atoms with Crippen molar-refractivity contribution in [1.82, 2.24) is 5.32 Å². The van der Waals surface area contributed by atoms with E-state index < -0.39 is 12.0 Å². The second-order valence-electron chi connectivity index (χ2n) is 4.75. The van der Waals surface area contributed by atoms with Gasteiger partial charge in [-0.15, -0.1) is 0 Å². The monoisotopic (exact) mass is 251 g/mol. The molecule has 100 valence electrons. The summed E-state index contributed by atoms with van der Waals surface area (Å²) in [5, 5.41) is 12.2. The third-order valence-electron chi connectivity index (χ3n) is 2.69. The van der Waals surface area contributed by atoms with Crippen LogP contribution in [0.1, 0.15) is 25.8 Å². The number of carboxylic acids is 1. The number of hydrogen-bond donors (Lipinski definition) is 2. The summed E-state index contributed by atoms with van der Waals surface area (Å²) in [6, 6.07) is 7.11. The Bertz CT molecular complexity index is 390. The molecule has 0 fully saturated rings. The number of aliphatic carboxylic acids is 1. The van der Waals surface area contributed by atoms with Crippen LogP contribution in [0.5, 0.6) is 5.75 Å². The van der Waals surface area contributed by atoms with Crippen LogP contribution < -0.4 is 10.1 Å². The molecule has 2 N–H and O–H groups in total. The highest BCUT2D eigenvalue weighted by Gasteiger charge is 2.17. The summed E-state index contributed by atoms with van der Waals surface area (Å²) in [4.78, 5) is 11.1. The van der Waals surface area contributed by atoms with Gasteiger partial charge >= 0.3 is 5.97 Å². The minimum atomic E-state index is -0.799. The van der Waals surface area contributed by atoms with Gasteiger partial charge in [-0.1, -0.05) is 26.0 Å². The Morgan fingerprint density at radius 3 is 2.72 bits per heavy atom. The number of hydrogen-bond acceptors (Lipinski definition) is 3. The lowest BCUT2D eigenvalue weighted by Gasteiger charge is -2.16. The Kier molecular flexibility index (Phi) is 5.65. The zero-order valence-corrected chi connectivity index (χ0v) is 11.1. The van der Waals surface area contributed by atoms with Gasteiger partial charge in [-0.05, 0) is 30.0 Å². The normalized spacial score (nSPS) is 12.4. The summed E-state index contributed by atoms with van der Waals surface area (Å²) >= 11 is 0. The molecule has 0 bridgehead atoms. The van der Waals surface area contributed by atoms with Crippen LogP contribution >= 0.6 is 0 Å². The highest BCUT2D eigenvalue weighted by Crippen LogP contribution is 2.13. The Morgan fingerprint density at radius 2 is 2.17 bits per heavy atom. The van der Waals surface area contributed by atoms with Gasteiger partial charge in [0.1, 0.15) is 11.8 Å². The Hall–Kier alpha value is -1.55. The van der Waals surface area contributed by atoms with E-state index in [1.54, 1.807) is 7.11 Å². The molecule has 0 saturated heterocycles. The predicted molar refractivity (Wildman–Crippen MR) is 70.7 cm³/mol. The lowest BCUT2D eigenvalue weighted by Crippen LogP contribution is -2.37. The molecule has 0 radical (unpaired) electrons. The molecule has 0 spiro atoms. The number of carboxylic acid groups (broad SMARTS) is 1. The third kappa shape index (κ3) is 4.75. The molecule has 0 aliphatic carbocycles. The number of methoxy groups -OCH3 is 1. The standard InChI is InChI=1S/C14H21NO3/c1-10(2)7-13(14(16)17)15-9-11-5-4-6-12(8-11)18-3/h4-6,8,10,13,15H,7,9H2,1-3H3,(H,16,17)/t13-/m1/s1. The molecule has 0 aromatic heterocycles. The molecule has 1 aromatic rings. The first kappa shape index (κ1) is 14.5. The van der Waals surface area contributed by atoms with Crippen LogP contribution in [0, 0.1) is 5.92 Å². The summed E-state index contributed by atoms with van der Waals surface area (Å²) in [5.41, 5.74) is 1.02. The second-order valence-corrected chi connectivity index (χ2v) is 4.75. The van der Waals surface area contributed by atoms with E-state index in [4.69, 9.17) is 9.84 Å². The van der Waals surface area contributed by atoms with Gasteiger partial charge in [0.05, 0.1) is 7.11 Å². The van der Waals surface area contributed by atoms with Crippen LogP contribution in [0.15, 0.2) is 24.3 Å². The SMILES string of the molecule is COc1cccc(CN[C@H](CC(C)C)C(=O)O)c1. The predicted octanol–water partition coefficient (Wildman–Crippen LogP) is 2.28. The minimum absolute atomic E-state index is 0.351. The molecular weight excluding hydrogens is 230 g/mol. The minimum Gasteiger partial charge on any atom is -0.497 e. The van der Waals surface area contributed by atoms with Crippen LogP contribution in [0.3, 0.4) is 0 Å². The lowest BCUT2D eigenvalue weighted by molar-refractivity contribution is -0.140. The van der Waals surface area contributed by atoms with Crippen LogP contribution in [0.2, 0.25) is 0 Å².